The molecule has 0 aromatic rings. The molecule has 0 aromatic carbocycles. The van der Waals surface area contributed by atoms with Crippen LogP contribution in [0.15, 0.2) is 0 Å². The topological polar surface area (TPSA) is 104 Å². The van der Waals surface area contributed by atoms with Crippen molar-refractivity contribution in [2.45, 2.75) is 96.8 Å². The molecule has 0 aliphatic rings. The summed E-state index contributed by atoms with van der Waals surface area (Å²) in [5.41, 5.74) is 0. The Morgan fingerprint density at radius 1 is 0.769 bits per heavy atom. The predicted molar refractivity (Wildman–Crippen MR) is 105 cm³/mol. The van der Waals surface area contributed by atoms with Crippen LogP contribution in [-0.4, -0.2) is 34.2 Å². The molecule has 0 fully saturated rings. The van der Waals surface area contributed by atoms with Gasteiger partial charge in [0.25, 0.3) is 0 Å². The van der Waals surface area contributed by atoms with Crippen LogP contribution < -0.4 is 5.32 Å². The lowest BCUT2D eigenvalue weighted by molar-refractivity contribution is -0.124. The number of Topliss-reactive ketones (excluding diaryl/α,β-unsaturated/α-hetero) is 1. The van der Waals surface area contributed by atoms with Gasteiger partial charge in [0.1, 0.15) is 6.16 Å². The number of carbonyl (C=O) groups excluding carboxylic acids is 2. The number of unbranched alkanes of at least 4 members (excludes halogenated alkanes) is 12. The third-order valence-electron chi connectivity index (χ3n) is 4.37. The van der Waals surface area contributed by atoms with E-state index in [9.17, 15) is 14.2 Å². The highest BCUT2D eigenvalue weighted by atomic mass is 31.2. The number of hydrogen-bond donors (Lipinski definition) is 3. The molecule has 0 radical (unpaired) electrons. The van der Waals surface area contributed by atoms with Crippen molar-refractivity contribution in [3.05, 3.63) is 0 Å². The second kappa shape index (κ2) is 16.5. The normalized spacial score (nSPS) is 11.5. The van der Waals surface area contributed by atoms with Gasteiger partial charge in [-0.2, -0.15) is 0 Å². The molecular formula is C19H38NO5P. The largest absolute Gasteiger partial charge is 0.349 e. The molecule has 0 aliphatic heterocycles. The number of rotatable bonds is 18. The second-order valence-electron chi connectivity index (χ2n) is 7.13. The molecule has 0 atom stereocenters. The smallest absolute Gasteiger partial charge is 0.333 e. The van der Waals surface area contributed by atoms with Gasteiger partial charge >= 0.3 is 7.60 Å². The SMILES string of the molecule is CCCCCCCCCCCCCCCC(=O)NCC(=O)CP(=O)(O)O. The van der Waals surface area contributed by atoms with Crippen molar-refractivity contribution >= 4 is 19.3 Å². The first-order valence-corrected chi connectivity index (χ1v) is 12.0. The lowest BCUT2D eigenvalue weighted by Crippen LogP contribution is -2.30. The van der Waals surface area contributed by atoms with Gasteiger partial charge in [0.2, 0.25) is 5.91 Å². The number of carbonyl (C=O) groups is 2. The van der Waals surface area contributed by atoms with Gasteiger partial charge in [-0.3, -0.25) is 14.2 Å². The highest BCUT2D eigenvalue weighted by Crippen LogP contribution is 2.33. The van der Waals surface area contributed by atoms with Crippen LogP contribution in [0.5, 0.6) is 0 Å². The Kier molecular flexibility index (Phi) is 16.0. The van der Waals surface area contributed by atoms with Crippen molar-refractivity contribution in [2.24, 2.45) is 0 Å². The molecule has 0 aromatic heterocycles. The summed E-state index contributed by atoms with van der Waals surface area (Å²) in [6, 6.07) is 0. The van der Waals surface area contributed by atoms with E-state index in [0.29, 0.717) is 6.42 Å². The standard InChI is InChI=1S/C19H38NO5P/c1-2-3-4-5-6-7-8-9-10-11-12-13-14-15-19(22)20-16-18(21)17-26(23,24)25/h2-17H2,1H3,(H,20,22)(H2,23,24,25). The maximum absolute atomic E-state index is 11.6. The highest BCUT2D eigenvalue weighted by molar-refractivity contribution is 7.52. The molecule has 6 nitrogen and oxygen atoms in total. The summed E-state index contributed by atoms with van der Waals surface area (Å²) in [5.74, 6) is -0.871. The number of hydrogen-bond acceptors (Lipinski definition) is 3. The zero-order valence-corrected chi connectivity index (χ0v) is 17.3. The van der Waals surface area contributed by atoms with E-state index in [4.69, 9.17) is 9.79 Å². The molecule has 7 heteroatoms. The fourth-order valence-corrected chi connectivity index (χ4v) is 3.45. The van der Waals surface area contributed by atoms with Crippen LogP contribution in [0.2, 0.25) is 0 Å². The molecule has 1 amide bonds. The summed E-state index contributed by atoms with van der Waals surface area (Å²) in [6.07, 6.45) is 15.7. The van der Waals surface area contributed by atoms with Crippen LogP contribution in [0.4, 0.5) is 0 Å². The van der Waals surface area contributed by atoms with E-state index in [-0.39, 0.29) is 12.5 Å². The Hall–Kier alpha value is -0.710. The molecule has 0 unspecified atom stereocenters. The molecule has 154 valence electrons. The lowest BCUT2D eigenvalue weighted by atomic mass is 10.0. The molecule has 0 bridgehead atoms. The van der Waals surface area contributed by atoms with Crippen molar-refractivity contribution in [2.75, 3.05) is 12.7 Å². The monoisotopic (exact) mass is 391 g/mol. The second-order valence-corrected chi connectivity index (χ2v) is 8.78. The van der Waals surface area contributed by atoms with Crippen molar-refractivity contribution in [1.82, 2.24) is 5.32 Å². The lowest BCUT2D eigenvalue weighted by Gasteiger charge is -2.06. The van der Waals surface area contributed by atoms with Crippen LogP contribution in [-0.2, 0) is 14.2 Å². The molecule has 3 N–H and O–H groups in total. The van der Waals surface area contributed by atoms with Gasteiger partial charge in [-0.15, -0.1) is 0 Å². The van der Waals surface area contributed by atoms with Crippen molar-refractivity contribution < 1.29 is 23.9 Å². The van der Waals surface area contributed by atoms with Gasteiger partial charge in [0.15, 0.2) is 5.78 Å². The van der Waals surface area contributed by atoms with E-state index in [1.54, 1.807) is 0 Å². The quantitative estimate of drug-likeness (QED) is 0.238. The van der Waals surface area contributed by atoms with Crippen LogP contribution in [0.3, 0.4) is 0 Å². The van der Waals surface area contributed by atoms with Gasteiger partial charge < -0.3 is 15.1 Å². The van der Waals surface area contributed by atoms with Gasteiger partial charge in [-0.1, -0.05) is 84.0 Å². The average molecular weight is 391 g/mol. The van der Waals surface area contributed by atoms with E-state index in [1.165, 1.54) is 64.2 Å². The first-order chi connectivity index (χ1) is 12.3. The Labute approximate surface area is 158 Å². The highest BCUT2D eigenvalue weighted by Gasteiger charge is 2.19. The van der Waals surface area contributed by atoms with E-state index >= 15 is 0 Å². The minimum absolute atomic E-state index is 0.230. The third kappa shape index (κ3) is 19.6. The van der Waals surface area contributed by atoms with Gasteiger partial charge in [-0.25, -0.2) is 0 Å². The van der Waals surface area contributed by atoms with Crippen molar-refractivity contribution in [3.63, 3.8) is 0 Å². The molecule has 0 saturated heterocycles. The number of ketones is 1. The van der Waals surface area contributed by atoms with Gasteiger partial charge in [0.05, 0.1) is 6.54 Å². The molecule has 26 heavy (non-hydrogen) atoms. The fraction of sp³-hybridized carbons (Fsp3) is 0.895. The maximum atomic E-state index is 11.6. The van der Waals surface area contributed by atoms with E-state index < -0.39 is 19.5 Å². The summed E-state index contributed by atoms with van der Waals surface area (Å²) in [4.78, 5) is 40.1. The summed E-state index contributed by atoms with van der Waals surface area (Å²) < 4.78 is 10.7. The fourth-order valence-electron chi connectivity index (χ4n) is 2.87. The Morgan fingerprint density at radius 2 is 1.19 bits per heavy atom. The van der Waals surface area contributed by atoms with Crippen molar-refractivity contribution in [3.8, 4) is 0 Å². The molecule has 0 rings (SSSR count). The molecule has 0 heterocycles. The van der Waals surface area contributed by atoms with Crippen LogP contribution >= 0.6 is 7.60 Å². The number of nitrogens with one attached hydrogen (secondary N) is 1. The van der Waals surface area contributed by atoms with Crippen molar-refractivity contribution in [1.29, 1.82) is 0 Å². The van der Waals surface area contributed by atoms with E-state index in [0.717, 1.165) is 19.3 Å². The van der Waals surface area contributed by atoms with Gasteiger partial charge in [-0.05, 0) is 6.42 Å². The summed E-state index contributed by atoms with van der Waals surface area (Å²) in [7, 11) is -4.33. The first-order valence-electron chi connectivity index (χ1n) is 10.2. The molecule has 0 spiro atoms. The van der Waals surface area contributed by atoms with Crippen LogP contribution in [0.1, 0.15) is 96.8 Å². The first kappa shape index (κ1) is 25.3. The van der Waals surface area contributed by atoms with Crippen LogP contribution in [0, 0.1) is 0 Å². The molecular weight excluding hydrogens is 353 g/mol. The summed E-state index contributed by atoms with van der Waals surface area (Å²) in [6.45, 7) is 1.94. The minimum atomic E-state index is -4.33. The zero-order chi connectivity index (χ0) is 19.7. The zero-order valence-electron chi connectivity index (χ0n) is 16.4. The third-order valence-corrected chi connectivity index (χ3v) is 5.14. The minimum Gasteiger partial charge on any atom is -0.349 e. The average Bonchev–Trinajstić information content (AvgIpc) is 2.55. The van der Waals surface area contributed by atoms with Crippen LogP contribution in [0.25, 0.3) is 0 Å². The Morgan fingerprint density at radius 3 is 1.62 bits per heavy atom. The van der Waals surface area contributed by atoms with E-state index in [2.05, 4.69) is 12.2 Å². The Bertz CT molecular complexity index is 422. The predicted octanol–water partition coefficient (Wildman–Crippen LogP) is 4.33. The summed E-state index contributed by atoms with van der Waals surface area (Å²) >= 11 is 0. The molecule has 0 aliphatic carbocycles. The Balaban J connectivity index is 3.33. The van der Waals surface area contributed by atoms with Gasteiger partial charge in [0, 0.05) is 6.42 Å². The summed E-state index contributed by atoms with van der Waals surface area (Å²) in [5, 5.41) is 2.42. The molecule has 0 saturated carbocycles. The number of amides is 1. The van der Waals surface area contributed by atoms with E-state index in [1.807, 2.05) is 0 Å². The maximum Gasteiger partial charge on any atom is 0.333 e.